The maximum Gasteiger partial charge on any atom is 0.195 e. The first-order valence-corrected chi connectivity index (χ1v) is 7.53. The Morgan fingerprint density at radius 2 is 1.32 bits per heavy atom. The molecule has 0 aliphatic carbocycles. The van der Waals surface area contributed by atoms with E-state index in [4.69, 9.17) is 0 Å². The molecule has 2 heteroatoms. The highest BCUT2D eigenvalue weighted by atomic mass is 32.1. The fourth-order valence-corrected chi connectivity index (χ4v) is 3.42. The summed E-state index contributed by atoms with van der Waals surface area (Å²) in [6, 6.07) is 12.5. The predicted molar refractivity (Wildman–Crippen MR) is 84.4 cm³/mol. The number of hydrogen-bond acceptors (Lipinski definition) is 2. The summed E-state index contributed by atoms with van der Waals surface area (Å²) in [5, 5.41) is 1.73. The largest absolute Gasteiger partial charge is 0.289 e. The molecular weight excluding hydrogens is 252 g/mol. The van der Waals surface area contributed by atoms with Gasteiger partial charge in [0.05, 0.1) is 0 Å². The highest BCUT2D eigenvalue weighted by Gasteiger charge is 2.07. The van der Waals surface area contributed by atoms with Crippen molar-refractivity contribution in [2.45, 2.75) is 26.7 Å². The van der Waals surface area contributed by atoms with E-state index >= 15 is 0 Å². The van der Waals surface area contributed by atoms with Crippen LogP contribution < -0.4 is 5.43 Å². The Kier molecular flexibility index (Phi) is 3.11. The molecule has 0 bridgehead atoms. The van der Waals surface area contributed by atoms with E-state index < -0.39 is 0 Å². The normalized spacial score (nSPS) is 11.3. The van der Waals surface area contributed by atoms with E-state index in [1.165, 1.54) is 11.1 Å². The third-order valence-electron chi connectivity index (χ3n) is 3.61. The molecule has 1 heterocycles. The van der Waals surface area contributed by atoms with E-state index in [9.17, 15) is 4.79 Å². The summed E-state index contributed by atoms with van der Waals surface area (Å²) in [5.74, 6) is 0. The van der Waals surface area contributed by atoms with Gasteiger partial charge in [-0.1, -0.05) is 26.0 Å². The van der Waals surface area contributed by atoms with Crippen molar-refractivity contribution < 1.29 is 0 Å². The SMILES string of the molecule is CCc1ccc2sc3ccc(CC)cc3c(=O)c2c1. The van der Waals surface area contributed by atoms with Crippen molar-refractivity contribution in [1.29, 1.82) is 0 Å². The van der Waals surface area contributed by atoms with Gasteiger partial charge < -0.3 is 0 Å². The smallest absolute Gasteiger partial charge is 0.195 e. The molecule has 96 valence electrons. The molecule has 0 saturated heterocycles. The van der Waals surface area contributed by atoms with Crippen molar-refractivity contribution in [3.63, 3.8) is 0 Å². The van der Waals surface area contributed by atoms with E-state index in [2.05, 4.69) is 38.1 Å². The molecule has 0 unspecified atom stereocenters. The van der Waals surface area contributed by atoms with E-state index in [0.29, 0.717) is 0 Å². The summed E-state index contributed by atoms with van der Waals surface area (Å²) in [7, 11) is 0. The summed E-state index contributed by atoms with van der Waals surface area (Å²) in [5.41, 5.74) is 2.62. The quantitative estimate of drug-likeness (QED) is 0.624. The summed E-state index contributed by atoms with van der Waals surface area (Å²) < 4.78 is 2.16. The Bertz CT molecular complexity index is 749. The van der Waals surface area contributed by atoms with Crippen LogP contribution in [0, 0.1) is 0 Å². The monoisotopic (exact) mass is 268 g/mol. The number of fused-ring (bicyclic) bond motifs is 2. The van der Waals surface area contributed by atoms with Crippen LogP contribution in [-0.2, 0) is 12.8 Å². The molecule has 2 aromatic carbocycles. The van der Waals surface area contributed by atoms with Crippen molar-refractivity contribution in [1.82, 2.24) is 0 Å². The average molecular weight is 268 g/mol. The Balaban J connectivity index is 2.43. The maximum atomic E-state index is 12.6. The minimum Gasteiger partial charge on any atom is -0.289 e. The average Bonchev–Trinajstić information content (AvgIpc) is 2.47. The van der Waals surface area contributed by atoms with Gasteiger partial charge in [-0.15, -0.1) is 11.3 Å². The van der Waals surface area contributed by atoms with Gasteiger partial charge in [-0.2, -0.15) is 0 Å². The van der Waals surface area contributed by atoms with Gasteiger partial charge in [0.15, 0.2) is 5.43 Å². The molecule has 0 saturated carbocycles. The second-order valence-electron chi connectivity index (χ2n) is 4.80. The number of rotatable bonds is 2. The fraction of sp³-hybridized carbons (Fsp3) is 0.235. The van der Waals surface area contributed by atoms with Gasteiger partial charge >= 0.3 is 0 Å². The minimum atomic E-state index is 0.175. The fourth-order valence-electron chi connectivity index (χ4n) is 2.39. The first-order valence-electron chi connectivity index (χ1n) is 6.71. The zero-order valence-electron chi connectivity index (χ0n) is 11.2. The van der Waals surface area contributed by atoms with Gasteiger partial charge in [-0.3, -0.25) is 4.79 Å². The third kappa shape index (κ3) is 2.06. The predicted octanol–water partition coefficient (Wildman–Crippen LogP) is 4.54. The van der Waals surface area contributed by atoms with Crippen molar-refractivity contribution >= 4 is 31.5 Å². The van der Waals surface area contributed by atoms with Gasteiger partial charge in [0.1, 0.15) is 0 Å². The summed E-state index contributed by atoms with van der Waals surface area (Å²) in [4.78, 5) is 12.6. The minimum absolute atomic E-state index is 0.175. The lowest BCUT2D eigenvalue weighted by Gasteiger charge is -2.04. The van der Waals surface area contributed by atoms with Crippen LogP contribution in [0.15, 0.2) is 41.2 Å². The standard InChI is InChI=1S/C17H16OS/c1-3-11-5-7-15-13(9-11)17(18)14-10-12(4-2)6-8-16(14)19-15/h5-10H,3-4H2,1-2H3. The lowest BCUT2D eigenvalue weighted by molar-refractivity contribution is 1.14. The Morgan fingerprint density at radius 3 is 1.74 bits per heavy atom. The van der Waals surface area contributed by atoms with Crippen LogP contribution in [0.25, 0.3) is 20.2 Å². The molecule has 1 aromatic heterocycles. The van der Waals surface area contributed by atoms with Gasteiger partial charge in [-0.25, -0.2) is 0 Å². The molecule has 0 aliphatic rings. The molecule has 0 radical (unpaired) electrons. The van der Waals surface area contributed by atoms with E-state index in [-0.39, 0.29) is 5.43 Å². The van der Waals surface area contributed by atoms with Crippen molar-refractivity contribution in [3.8, 4) is 0 Å². The summed E-state index contributed by atoms with van der Waals surface area (Å²) >= 11 is 1.70. The molecule has 0 amide bonds. The summed E-state index contributed by atoms with van der Waals surface area (Å²) in [6.45, 7) is 4.23. The van der Waals surface area contributed by atoms with Crippen LogP contribution in [0.4, 0.5) is 0 Å². The lowest BCUT2D eigenvalue weighted by atomic mass is 10.1. The van der Waals surface area contributed by atoms with Crippen molar-refractivity contribution in [2.75, 3.05) is 0 Å². The second kappa shape index (κ2) is 4.78. The second-order valence-corrected chi connectivity index (χ2v) is 5.88. The van der Waals surface area contributed by atoms with Crippen LogP contribution in [0.1, 0.15) is 25.0 Å². The van der Waals surface area contributed by atoms with Crippen LogP contribution in [0.2, 0.25) is 0 Å². The molecule has 0 fully saturated rings. The van der Waals surface area contributed by atoms with Crippen LogP contribution in [0.3, 0.4) is 0 Å². The maximum absolute atomic E-state index is 12.6. The van der Waals surface area contributed by atoms with E-state index in [1.54, 1.807) is 11.3 Å². The Labute approximate surface area is 116 Å². The summed E-state index contributed by atoms with van der Waals surface area (Å²) in [6.07, 6.45) is 1.93. The zero-order valence-corrected chi connectivity index (χ0v) is 12.0. The topological polar surface area (TPSA) is 17.1 Å². The van der Waals surface area contributed by atoms with E-state index in [1.807, 2.05) is 12.1 Å². The Morgan fingerprint density at radius 1 is 0.842 bits per heavy atom. The van der Waals surface area contributed by atoms with Gasteiger partial charge in [0.2, 0.25) is 0 Å². The van der Waals surface area contributed by atoms with Crippen molar-refractivity contribution in [2.24, 2.45) is 0 Å². The molecule has 19 heavy (non-hydrogen) atoms. The van der Waals surface area contributed by atoms with Crippen molar-refractivity contribution in [3.05, 3.63) is 57.7 Å². The molecule has 0 atom stereocenters. The lowest BCUT2D eigenvalue weighted by Crippen LogP contribution is -2.02. The van der Waals surface area contributed by atoms with Gasteiger partial charge in [0, 0.05) is 20.2 Å². The third-order valence-corrected chi connectivity index (χ3v) is 4.77. The highest BCUT2D eigenvalue weighted by Crippen LogP contribution is 2.26. The number of benzene rings is 2. The molecule has 0 spiro atoms. The highest BCUT2D eigenvalue weighted by molar-refractivity contribution is 7.24. The number of hydrogen-bond donors (Lipinski definition) is 0. The van der Waals surface area contributed by atoms with E-state index in [0.717, 1.165) is 33.0 Å². The molecule has 1 nitrogen and oxygen atoms in total. The van der Waals surface area contributed by atoms with Gasteiger partial charge in [0.25, 0.3) is 0 Å². The first kappa shape index (κ1) is 12.4. The van der Waals surface area contributed by atoms with Crippen LogP contribution >= 0.6 is 11.3 Å². The molecule has 3 aromatic rings. The van der Waals surface area contributed by atoms with Crippen LogP contribution in [0.5, 0.6) is 0 Å². The molecule has 0 aliphatic heterocycles. The van der Waals surface area contributed by atoms with Crippen LogP contribution in [-0.4, -0.2) is 0 Å². The number of aryl methyl sites for hydroxylation is 2. The molecule has 0 N–H and O–H groups in total. The molecule has 3 rings (SSSR count). The van der Waals surface area contributed by atoms with Gasteiger partial charge in [-0.05, 0) is 48.2 Å². The first-order chi connectivity index (χ1) is 9.22. The Hall–Kier alpha value is -1.67. The zero-order chi connectivity index (χ0) is 13.4. The molecular formula is C17H16OS.